The van der Waals surface area contributed by atoms with Crippen molar-refractivity contribution in [2.75, 3.05) is 7.11 Å². The Morgan fingerprint density at radius 2 is 1.74 bits per heavy atom. The molecule has 0 saturated carbocycles. The molecular weight excluding hydrogens is 242 g/mol. The van der Waals surface area contributed by atoms with Crippen LogP contribution in [0.5, 0.6) is 0 Å². The molecule has 1 atom stereocenters. The van der Waals surface area contributed by atoms with Crippen LogP contribution in [0.2, 0.25) is 0 Å². The minimum atomic E-state index is -0.394. The molecule has 0 saturated heterocycles. The summed E-state index contributed by atoms with van der Waals surface area (Å²) in [5.41, 5.74) is 2.22. The van der Waals surface area contributed by atoms with Crippen LogP contribution < -0.4 is 0 Å². The summed E-state index contributed by atoms with van der Waals surface area (Å²) in [5, 5.41) is 10.6. The second kappa shape index (κ2) is 6.11. The topological polar surface area (TPSA) is 52.4 Å². The lowest BCUT2D eigenvalue weighted by atomic mass is 10.0. The molecule has 19 heavy (non-hydrogen) atoms. The van der Waals surface area contributed by atoms with Crippen LogP contribution in [0.3, 0.4) is 0 Å². The summed E-state index contributed by atoms with van der Waals surface area (Å²) in [7, 11) is 1.67. The van der Waals surface area contributed by atoms with Gasteiger partial charge in [-0.25, -0.2) is 0 Å². The molecule has 0 fully saturated rings. The van der Waals surface area contributed by atoms with Crippen LogP contribution in [0, 0.1) is 10.1 Å². The van der Waals surface area contributed by atoms with E-state index in [2.05, 4.69) is 0 Å². The van der Waals surface area contributed by atoms with Crippen molar-refractivity contribution < 1.29 is 9.66 Å². The number of hydrogen-bond donors (Lipinski definition) is 0. The third kappa shape index (κ3) is 3.39. The number of nitro groups is 1. The zero-order valence-corrected chi connectivity index (χ0v) is 10.7. The molecule has 0 aromatic heterocycles. The summed E-state index contributed by atoms with van der Waals surface area (Å²) in [6.45, 7) is 0. The SMILES string of the molecule is COC(Cc1ccc([N+](=O)[O-])cc1)c1ccccc1. The highest BCUT2D eigenvalue weighted by atomic mass is 16.6. The molecule has 0 spiro atoms. The molecule has 2 aromatic carbocycles. The molecule has 0 amide bonds. The van der Waals surface area contributed by atoms with E-state index < -0.39 is 4.92 Å². The van der Waals surface area contributed by atoms with Crippen molar-refractivity contribution in [2.45, 2.75) is 12.5 Å². The van der Waals surface area contributed by atoms with Gasteiger partial charge in [0.15, 0.2) is 0 Å². The van der Waals surface area contributed by atoms with Gasteiger partial charge in [0.25, 0.3) is 5.69 Å². The molecular formula is C15H15NO3. The van der Waals surface area contributed by atoms with E-state index in [0.717, 1.165) is 11.1 Å². The van der Waals surface area contributed by atoms with E-state index in [1.807, 2.05) is 30.3 Å². The van der Waals surface area contributed by atoms with E-state index in [9.17, 15) is 10.1 Å². The number of rotatable bonds is 5. The van der Waals surface area contributed by atoms with Gasteiger partial charge in [-0.2, -0.15) is 0 Å². The summed E-state index contributed by atoms with van der Waals surface area (Å²) < 4.78 is 5.48. The second-order valence-corrected chi connectivity index (χ2v) is 4.26. The number of nitro benzene ring substituents is 1. The van der Waals surface area contributed by atoms with Gasteiger partial charge in [0.05, 0.1) is 11.0 Å². The van der Waals surface area contributed by atoms with Gasteiger partial charge < -0.3 is 4.74 Å². The van der Waals surface area contributed by atoms with Crippen LogP contribution in [-0.2, 0) is 11.2 Å². The predicted molar refractivity (Wildman–Crippen MR) is 73.0 cm³/mol. The van der Waals surface area contributed by atoms with Crippen LogP contribution in [-0.4, -0.2) is 12.0 Å². The highest BCUT2D eigenvalue weighted by Gasteiger charge is 2.12. The number of benzene rings is 2. The molecule has 4 nitrogen and oxygen atoms in total. The van der Waals surface area contributed by atoms with Gasteiger partial charge in [0.2, 0.25) is 0 Å². The van der Waals surface area contributed by atoms with Gasteiger partial charge in [0.1, 0.15) is 0 Å². The van der Waals surface area contributed by atoms with Crippen molar-refractivity contribution in [1.82, 2.24) is 0 Å². The number of ether oxygens (including phenoxy) is 1. The summed E-state index contributed by atoms with van der Waals surface area (Å²) in [6, 6.07) is 16.5. The molecule has 1 unspecified atom stereocenters. The van der Waals surface area contributed by atoms with E-state index in [-0.39, 0.29) is 11.8 Å². The fraction of sp³-hybridized carbons (Fsp3) is 0.200. The maximum atomic E-state index is 10.6. The lowest BCUT2D eigenvalue weighted by molar-refractivity contribution is -0.384. The average molecular weight is 257 g/mol. The number of nitrogens with zero attached hydrogens (tertiary/aromatic N) is 1. The molecule has 0 bridgehead atoms. The van der Waals surface area contributed by atoms with Crippen molar-refractivity contribution in [3.63, 3.8) is 0 Å². The van der Waals surface area contributed by atoms with Crippen molar-refractivity contribution in [3.8, 4) is 0 Å². The van der Waals surface area contributed by atoms with E-state index in [1.54, 1.807) is 19.2 Å². The molecule has 4 heteroatoms. The molecule has 0 N–H and O–H groups in total. The monoisotopic (exact) mass is 257 g/mol. The molecule has 0 aliphatic rings. The summed E-state index contributed by atoms with van der Waals surface area (Å²) in [6.07, 6.45) is 0.654. The molecule has 0 aliphatic carbocycles. The first-order valence-electron chi connectivity index (χ1n) is 6.02. The van der Waals surface area contributed by atoms with Crippen molar-refractivity contribution in [3.05, 3.63) is 75.8 Å². The molecule has 2 aromatic rings. The van der Waals surface area contributed by atoms with Gasteiger partial charge in [-0.1, -0.05) is 42.5 Å². The fourth-order valence-corrected chi connectivity index (χ4v) is 1.97. The quantitative estimate of drug-likeness (QED) is 0.608. The van der Waals surface area contributed by atoms with Crippen molar-refractivity contribution in [2.24, 2.45) is 0 Å². The molecule has 0 heterocycles. The maximum absolute atomic E-state index is 10.6. The average Bonchev–Trinajstić information content (AvgIpc) is 2.46. The van der Waals surface area contributed by atoms with Gasteiger partial charge in [0, 0.05) is 25.7 Å². The summed E-state index contributed by atoms with van der Waals surface area (Å²) >= 11 is 0. The Hall–Kier alpha value is -2.20. The lowest BCUT2D eigenvalue weighted by Gasteiger charge is -2.15. The highest BCUT2D eigenvalue weighted by Crippen LogP contribution is 2.22. The van der Waals surface area contributed by atoms with Crippen molar-refractivity contribution in [1.29, 1.82) is 0 Å². The minimum absolute atomic E-state index is 0.0392. The highest BCUT2D eigenvalue weighted by molar-refractivity contribution is 5.33. The van der Waals surface area contributed by atoms with Gasteiger partial charge in [-0.15, -0.1) is 0 Å². The second-order valence-electron chi connectivity index (χ2n) is 4.26. The van der Waals surface area contributed by atoms with Crippen LogP contribution in [0.15, 0.2) is 54.6 Å². The van der Waals surface area contributed by atoms with Crippen LogP contribution in [0.25, 0.3) is 0 Å². The molecule has 0 aliphatic heterocycles. The Kier molecular flexibility index (Phi) is 4.26. The minimum Gasteiger partial charge on any atom is -0.376 e. The third-order valence-electron chi connectivity index (χ3n) is 3.02. The van der Waals surface area contributed by atoms with Crippen LogP contribution in [0.1, 0.15) is 17.2 Å². The van der Waals surface area contributed by atoms with E-state index in [0.29, 0.717) is 6.42 Å². The van der Waals surface area contributed by atoms with Gasteiger partial charge in [-0.05, 0) is 11.1 Å². The van der Waals surface area contributed by atoms with E-state index in [4.69, 9.17) is 4.74 Å². The number of hydrogen-bond acceptors (Lipinski definition) is 3. The predicted octanol–water partition coefficient (Wildman–Crippen LogP) is 3.53. The zero-order valence-electron chi connectivity index (χ0n) is 10.7. The Balaban J connectivity index is 2.12. The smallest absolute Gasteiger partial charge is 0.269 e. The van der Waals surface area contributed by atoms with Gasteiger partial charge >= 0.3 is 0 Å². The Labute approximate surface area is 111 Å². The van der Waals surface area contributed by atoms with Crippen LogP contribution >= 0.6 is 0 Å². The first kappa shape index (κ1) is 13.2. The Morgan fingerprint density at radius 3 is 2.26 bits per heavy atom. The van der Waals surface area contributed by atoms with E-state index >= 15 is 0 Å². The Bertz CT molecular complexity index is 537. The first-order chi connectivity index (χ1) is 9.20. The fourth-order valence-electron chi connectivity index (χ4n) is 1.97. The number of methoxy groups -OCH3 is 1. The third-order valence-corrected chi connectivity index (χ3v) is 3.02. The molecule has 98 valence electrons. The first-order valence-corrected chi connectivity index (χ1v) is 6.02. The molecule has 0 radical (unpaired) electrons. The molecule has 2 rings (SSSR count). The normalized spacial score (nSPS) is 12.1. The zero-order chi connectivity index (χ0) is 13.7. The largest absolute Gasteiger partial charge is 0.376 e. The lowest BCUT2D eigenvalue weighted by Crippen LogP contribution is -2.05. The summed E-state index contributed by atoms with van der Waals surface area (Å²) in [4.78, 5) is 10.2. The standard InChI is InChI=1S/C15H15NO3/c1-19-15(13-5-3-2-4-6-13)11-12-7-9-14(10-8-12)16(17)18/h2-10,15H,11H2,1H3. The van der Waals surface area contributed by atoms with E-state index in [1.165, 1.54) is 12.1 Å². The van der Waals surface area contributed by atoms with Crippen molar-refractivity contribution >= 4 is 5.69 Å². The number of non-ortho nitro benzene ring substituents is 1. The van der Waals surface area contributed by atoms with Gasteiger partial charge in [-0.3, -0.25) is 10.1 Å². The Morgan fingerprint density at radius 1 is 1.11 bits per heavy atom. The maximum Gasteiger partial charge on any atom is 0.269 e. The van der Waals surface area contributed by atoms with Crippen LogP contribution in [0.4, 0.5) is 5.69 Å². The summed E-state index contributed by atoms with van der Waals surface area (Å²) in [5.74, 6) is 0.